The lowest BCUT2D eigenvalue weighted by Crippen LogP contribution is -2.17. The molecule has 2 aromatic rings. The van der Waals surface area contributed by atoms with E-state index in [2.05, 4.69) is 22.1 Å². The van der Waals surface area contributed by atoms with Crippen molar-refractivity contribution in [1.82, 2.24) is 9.97 Å². The minimum atomic E-state index is -0.555. The number of rotatable bonds is 5. The van der Waals surface area contributed by atoms with E-state index in [0.29, 0.717) is 29.0 Å². The molecule has 1 aromatic heterocycles. The van der Waals surface area contributed by atoms with Crippen LogP contribution in [0.4, 0.5) is 0 Å². The molecule has 0 bridgehead atoms. The Kier molecular flexibility index (Phi) is 5.68. The molecule has 1 aliphatic carbocycles. The minimum Gasteiger partial charge on any atom is -0.364 e. The summed E-state index contributed by atoms with van der Waals surface area (Å²) in [6, 6.07) is 8.40. The molecule has 1 fully saturated rings. The molecule has 142 valence electrons. The van der Waals surface area contributed by atoms with E-state index >= 15 is 0 Å². The third-order valence-corrected chi connectivity index (χ3v) is 5.56. The summed E-state index contributed by atoms with van der Waals surface area (Å²) >= 11 is 0. The third kappa shape index (κ3) is 4.41. The predicted molar refractivity (Wildman–Crippen MR) is 105 cm³/mol. The normalized spacial score (nSPS) is 19.7. The van der Waals surface area contributed by atoms with Gasteiger partial charge in [0.1, 0.15) is 11.5 Å². The van der Waals surface area contributed by atoms with Gasteiger partial charge in [-0.15, -0.1) is 0 Å². The lowest BCUT2D eigenvalue weighted by atomic mass is 9.77. The molecule has 1 amide bonds. The lowest BCUT2D eigenvalue weighted by Gasteiger charge is -2.28. The summed E-state index contributed by atoms with van der Waals surface area (Å²) in [5, 5.41) is 0. The molecule has 1 heterocycles. The number of nitrogens with two attached hydrogens (primary N) is 1. The van der Waals surface area contributed by atoms with Crippen LogP contribution >= 0.6 is 0 Å². The molecule has 1 aliphatic rings. The number of Topliss-reactive ketones (excluding diaryl/α,β-unsaturated/α-hetero) is 1. The zero-order valence-corrected chi connectivity index (χ0v) is 16.3. The second-order valence-electron chi connectivity index (χ2n) is 7.70. The van der Waals surface area contributed by atoms with Crippen molar-refractivity contribution < 1.29 is 9.59 Å². The molecule has 5 nitrogen and oxygen atoms in total. The fourth-order valence-electron chi connectivity index (χ4n) is 4.16. The largest absolute Gasteiger partial charge is 0.364 e. The first-order valence-electron chi connectivity index (χ1n) is 9.60. The van der Waals surface area contributed by atoms with Crippen molar-refractivity contribution in [2.24, 2.45) is 11.7 Å². The maximum absolute atomic E-state index is 11.6. The van der Waals surface area contributed by atoms with Crippen molar-refractivity contribution in [2.45, 2.75) is 58.8 Å². The van der Waals surface area contributed by atoms with Gasteiger partial charge in [0.05, 0.1) is 17.1 Å². The number of hydrogen-bond acceptors (Lipinski definition) is 4. The lowest BCUT2D eigenvalue weighted by molar-refractivity contribution is -0.118. The highest BCUT2D eigenvalue weighted by molar-refractivity contribution is 5.92. The van der Waals surface area contributed by atoms with Crippen LogP contribution in [0.5, 0.6) is 0 Å². The number of carbonyl (C=O) groups excluding carboxylic acids is 2. The van der Waals surface area contributed by atoms with Gasteiger partial charge in [0.25, 0.3) is 5.91 Å². The number of primary amides is 1. The zero-order valence-electron chi connectivity index (χ0n) is 16.3. The maximum Gasteiger partial charge on any atom is 0.269 e. The molecule has 5 heteroatoms. The summed E-state index contributed by atoms with van der Waals surface area (Å²) in [7, 11) is 0. The molecule has 3 rings (SSSR count). The van der Waals surface area contributed by atoms with Crippen molar-refractivity contribution in [3.63, 3.8) is 0 Å². The number of aromatic nitrogens is 2. The van der Waals surface area contributed by atoms with Crippen LogP contribution in [0.15, 0.2) is 24.3 Å². The first-order valence-corrected chi connectivity index (χ1v) is 9.60. The second kappa shape index (κ2) is 7.99. The highest BCUT2D eigenvalue weighted by atomic mass is 16.1. The first-order chi connectivity index (χ1) is 12.8. The van der Waals surface area contributed by atoms with Gasteiger partial charge in [-0.2, -0.15) is 0 Å². The number of amides is 1. The standard InChI is InChI=1S/C22H27N3O2/c1-13(26)12-16-4-6-17(7-5-16)18-8-10-19(11-9-18)20-14(2)24-15(3)21(25-20)22(23)27/h8-11,16-17H,4-7,12H2,1-3H3,(H2,23,27)/t16-,17-. The quantitative estimate of drug-likeness (QED) is 0.864. The fourth-order valence-corrected chi connectivity index (χ4v) is 4.16. The number of carbonyl (C=O) groups is 2. The van der Waals surface area contributed by atoms with Gasteiger partial charge in [-0.3, -0.25) is 9.78 Å². The van der Waals surface area contributed by atoms with Crippen LogP contribution in [0.25, 0.3) is 11.3 Å². The van der Waals surface area contributed by atoms with Crippen molar-refractivity contribution in [3.8, 4) is 11.3 Å². The van der Waals surface area contributed by atoms with E-state index in [-0.39, 0.29) is 5.69 Å². The molecule has 0 radical (unpaired) electrons. The SMILES string of the molecule is CC(=O)C[C@H]1CC[C@H](c2ccc(-c3nc(C(N)=O)c(C)nc3C)cc2)CC1. The molecule has 27 heavy (non-hydrogen) atoms. The van der Waals surface area contributed by atoms with Crippen molar-refractivity contribution in [1.29, 1.82) is 0 Å². The molecule has 0 unspecified atom stereocenters. The summed E-state index contributed by atoms with van der Waals surface area (Å²) in [6.07, 6.45) is 5.23. The molecular formula is C22H27N3O2. The Morgan fingerprint density at radius 2 is 1.63 bits per heavy atom. The summed E-state index contributed by atoms with van der Waals surface area (Å²) in [4.78, 5) is 31.8. The van der Waals surface area contributed by atoms with E-state index in [0.717, 1.165) is 43.4 Å². The van der Waals surface area contributed by atoms with Crippen LogP contribution in [-0.2, 0) is 4.79 Å². The van der Waals surface area contributed by atoms with E-state index in [1.54, 1.807) is 13.8 Å². The average Bonchev–Trinajstić information content (AvgIpc) is 2.62. The van der Waals surface area contributed by atoms with Crippen molar-refractivity contribution in [3.05, 3.63) is 46.9 Å². The molecule has 0 aliphatic heterocycles. The Morgan fingerprint density at radius 3 is 2.19 bits per heavy atom. The number of ketones is 1. The maximum atomic E-state index is 11.6. The monoisotopic (exact) mass is 365 g/mol. The fraction of sp³-hybridized carbons (Fsp3) is 0.455. The van der Waals surface area contributed by atoms with E-state index in [9.17, 15) is 9.59 Å². The average molecular weight is 365 g/mol. The Labute approximate surface area is 160 Å². The van der Waals surface area contributed by atoms with E-state index in [1.807, 2.05) is 19.1 Å². The summed E-state index contributed by atoms with van der Waals surface area (Å²) < 4.78 is 0. The smallest absolute Gasteiger partial charge is 0.269 e. The van der Waals surface area contributed by atoms with Crippen LogP contribution < -0.4 is 5.73 Å². The van der Waals surface area contributed by atoms with E-state index in [4.69, 9.17) is 5.73 Å². The Balaban J connectivity index is 1.76. The molecule has 0 spiro atoms. The Hall–Kier alpha value is -2.56. The number of benzene rings is 1. The highest BCUT2D eigenvalue weighted by Gasteiger charge is 2.23. The van der Waals surface area contributed by atoms with Crippen LogP contribution in [0, 0.1) is 19.8 Å². The highest BCUT2D eigenvalue weighted by Crippen LogP contribution is 2.37. The topological polar surface area (TPSA) is 85.9 Å². The van der Waals surface area contributed by atoms with Gasteiger partial charge in [-0.25, -0.2) is 4.98 Å². The summed E-state index contributed by atoms with van der Waals surface area (Å²) in [6.45, 7) is 5.32. The van der Waals surface area contributed by atoms with E-state index in [1.165, 1.54) is 5.56 Å². The van der Waals surface area contributed by atoms with Crippen LogP contribution in [-0.4, -0.2) is 21.7 Å². The van der Waals surface area contributed by atoms with Crippen LogP contribution in [0.1, 0.15) is 72.4 Å². The first kappa shape index (κ1) is 19.2. The second-order valence-corrected chi connectivity index (χ2v) is 7.70. The van der Waals surface area contributed by atoms with Gasteiger partial charge >= 0.3 is 0 Å². The van der Waals surface area contributed by atoms with Gasteiger partial charge in [-0.05, 0) is 63.9 Å². The van der Waals surface area contributed by atoms with Gasteiger partial charge in [0, 0.05) is 12.0 Å². The zero-order chi connectivity index (χ0) is 19.6. The van der Waals surface area contributed by atoms with Crippen LogP contribution in [0.3, 0.4) is 0 Å². The molecular weight excluding hydrogens is 338 g/mol. The third-order valence-electron chi connectivity index (χ3n) is 5.56. The van der Waals surface area contributed by atoms with Crippen molar-refractivity contribution >= 4 is 11.7 Å². The number of hydrogen-bond donors (Lipinski definition) is 1. The predicted octanol–water partition coefficient (Wildman–Crippen LogP) is 4.11. The van der Waals surface area contributed by atoms with Gasteiger partial charge in [0.2, 0.25) is 0 Å². The van der Waals surface area contributed by atoms with Gasteiger partial charge in [0.15, 0.2) is 0 Å². The van der Waals surface area contributed by atoms with Crippen molar-refractivity contribution in [2.75, 3.05) is 0 Å². The molecule has 0 saturated heterocycles. The Bertz CT molecular complexity index is 851. The van der Waals surface area contributed by atoms with Gasteiger partial charge < -0.3 is 10.5 Å². The van der Waals surface area contributed by atoms with E-state index < -0.39 is 5.91 Å². The molecule has 2 N–H and O–H groups in total. The number of aryl methyl sites for hydroxylation is 2. The Morgan fingerprint density at radius 1 is 1.00 bits per heavy atom. The summed E-state index contributed by atoms with van der Waals surface area (Å²) in [5.74, 6) is 0.845. The van der Waals surface area contributed by atoms with Crippen LogP contribution in [0.2, 0.25) is 0 Å². The molecule has 1 aromatic carbocycles. The summed E-state index contributed by atoms with van der Waals surface area (Å²) in [5.41, 5.74) is 9.95. The van der Waals surface area contributed by atoms with Gasteiger partial charge in [-0.1, -0.05) is 24.3 Å². The number of nitrogens with zero attached hydrogens (tertiary/aromatic N) is 2. The minimum absolute atomic E-state index is 0.225. The molecule has 0 atom stereocenters. The molecule has 1 saturated carbocycles.